The minimum atomic E-state index is 0.266. The molecule has 2 aromatic rings. The Morgan fingerprint density at radius 3 is 2.33 bits per heavy atom. The highest BCUT2D eigenvalue weighted by atomic mass is 79.9. The lowest BCUT2D eigenvalue weighted by molar-refractivity contribution is 0.730. The molecule has 0 fully saturated rings. The fourth-order valence-corrected chi connectivity index (χ4v) is 2.40. The van der Waals surface area contributed by atoms with Crippen molar-refractivity contribution in [1.82, 2.24) is 19.7 Å². The zero-order chi connectivity index (χ0) is 15.7. The van der Waals surface area contributed by atoms with Gasteiger partial charge in [-0.15, -0.1) is 0 Å². The van der Waals surface area contributed by atoms with Crippen LogP contribution in [-0.4, -0.2) is 26.3 Å². The molecular weight excluding hydrogens is 330 g/mol. The molecule has 0 spiro atoms. The molecule has 114 valence electrons. The highest BCUT2D eigenvalue weighted by Crippen LogP contribution is 2.27. The third kappa shape index (κ3) is 2.95. The molecule has 2 heterocycles. The van der Waals surface area contributed by atoms with Crippen LogP contribution in [0.1, 0.15) is 49.5 Å². The Labute approximate surface area is 134 Å². The first-order chi connectivity index (χ1) is 9.86. The average Bonchev–Trinajstić information content (AvgIpc) is 2.69. The zero-order valence-corrected chi connectivity index (χ0v) is 15.0. The van der Waals surface area contributed by atoms with Crippen LogP contribution in [0.4, 0.5) is 5.82 Å². The molecule has 0 unspecified atom stereocenters. The second-order valence-electron chi connectivity index (χ2n) is 5.46. The summed E-state index contributed by atoms with van der Waals surface area (Å²) < 4.78 is 2.92. The van der Waals surface area contributed by atoms with Crippen LogP contribution in [-0.2, 0) is 0 Å². The predicted molar refractivity (Wildman–Crippen MR) is 89.3 cm³/mol. The van der Waals surface area contributed by atoms with Crippen LogP contribution < -0.4 is 5.32 Å². The van der Waals surface area contributed by atoms with E-state index < -0.39 is 0 Å². The highest BCUT2D eigenvalue weighted by Gasteiger charge is 2.18. The lowest BCUT2D eigenvalue weighted by Gasteiger charge is -2.15. The van der Waals surface area contributed by atoms with Crippen molar-refractivity contribution in [2.75, 3.05) is 11.9 Å². The molecule has 1 N–H and O–H groups in total. The topological polar surface area (TPSA) is 55.6 Å². The number of nitrogens with zero attached hydrogens (tertiary/aromatic N) is 4. The van der Waals surface area contributed by atoms with Crippen LogP contribution in [0.5, 0.6) is 0 Å². The first kappa shape index (κ1) is 15.9. The largest absolute Gasteiger partial charge is 0.370 e. The summed E-state index contributed by atoms with van der Waals surface area (Å²) in [6.07, 6.45) is 0. The maximum Gasteiger partial charge on any atom is 0.162 e. The van der Waals surface area contributed by atoms with E-state index in [0.717, 1.165) is 45.4 Å². The Morgan fingerprint density at radius 2 is 1.86 bits per heavy atom. The van der Waals surface area contributed by atoms with Crippen molar-refractivity contribution in [3.05, 3.63) is 27.2 Å². The van der Waals surface area contributed by atoms with Crippen molar-refractivity contribution in [2.45, 2.75) is 47.5 Å². The van der Waals surface area contributed by atoms with E-state index in [-0.39, 0.29) is 5.92 Å². The van der Waals surface area contributed by atoms with Gasteiger partial charge in [-0.2, -0.15) is 5.10 Å². The number of halogens is 1. The van der Waals surface area contributed by atoms with E-state index in [1.165, 1.54) is 0 Å². The summed E-state index contributed by atoms with van der Waals surface area (Å²) in [7, 11) is 0. The number of hydrogen-bond donors (Lipinski definition) is 1. The van der Waals surface area contributed by atoms with Crippen LogP contribution in [0, 0.1) is 20.8 Å². The zero-order valence-electron chi connectivity index (χ0n) is 13.5. The standard InChI is InChI=1S/C15H22BrN5/c1-7-17-14-9(4)15(19-13(18-14)8(2)3)21-11(6)12(16)10(5)20-21/h8H,7H2,1-6H3,(H,17,18,19). The molecule has 0 radical (unpaired) electrons. The van der Waals surface area contributed by atoms with Gasteiger partial charge in [0.05, 0.1) is 15.9 Å². The van der Waals surface area contributed by atoms with Crippen LogP contribution in [0.3, 0.4) is 0 Å². The van der Waals surface area contributed by atoms with Gasteiger partial charge in [-0.05, 0) is 43.6 Å². The molecular formula is C15H22BrN5. The number of hydrogen-bond acceptors (Lipinski definition) is 4. The van der Waals surface area contributed by atoms with Crippen molar-refractivity contribution in [2.24, 2.45) is 0 Å². The predicted octanol–water partition coefficient (Wildman–Crippen LogP) is 3.91. The summed E-state index contributed by atoms with van der Waals surface area (Å²) in [5.74, 6) is 2.82. The number of rotatable bonds is 4. The number of aryl methyl sites for hydroxylation is 1. The number of aromatic nitrogens is 4. The smallest absolute Gasteiger partial charge is 0.162 e. The van der Waals surface area contributed by atoms with Gasteiger partial charge in [0.2, 0.25) is 0 Å². The van der Waals surface area contributed by atoms with Crippen LogP contribution in [0.2, 0.25) is 0 Å². The molecule has 0 aliphatic heterocycles. The number of anilines is 1. The van der Waals surface area contributed by atoms with Gasteiger partial charge >= 0.3 is 0 Å². The van der Waals surface area contributed by atoms with Gasteiger partial charge in [0.1, 0.15) is 11.6 Å². The first-order valence-electron chi connectivity index (χ1n) is 7.21. The minimum absolute atomic E-state index is 0.266. The monoisotopic (exact) mass is 351 g/mol. The fraction of sp³-hybridized carbons (Fsp3) is 0.533. The maximum absolute atomic E-state index is 4.73. The van der Waals surface area contributed by atoms with Crippen molar-refractivity contribution in [3.8, 4) is 5.82 Å². The minimum Gasteiger partial charge on any atom is -0.370 e. The third-order valence-corrected chi connectivity index (χ3v) is 4.55. The molecule has 21 heavy (non-hydrogen) atoms. The van der Waals surface area contributed by atoms with Crippen molar-refractivity contribution < 1.29 is 0 Å². The normalized spacial score (nSPS) is 11.2. The van der Waals surface area contributed by atoms with Crippen molar-refractivity contribution >= 4 is 21.7 Å². The molecule has 0 saturated carbocycles. The summed E-state index contributed by atoms with van der Waals surface area (Å²) in [4.78, 5) is 9.36. The molecule has 0 amide bonds. The molecule has 0 aromatic carbocycles. The summed E-state index contributed by atoms with van der Waals surface area (Å²) in [6, 6.07) is 0. The quantitative estimate of drug-likeness (QED) is 0.907. The average molecular weight is 352 g/mol. The molecule has 0 atom stereocenters. The molecule has 0 saturated heterocycles. The third-order valence-electron chi connectivity index (χ3n) is 3.40. The number of nitrogens with one attached hydrogen (secondary N) is 1. The van der Waals surface area contributed by atoms with Gasteiger partial charge in [0.25, 0.3) is 0 Å². The Morgan fingerprint density at radius 1 is 1.19 bits per heavy atom. The van der Waals surface area contributed by atoms with Gasteiger partial charge < -0.3 is 5.32 Å². The summed E-state index contributed by atoms with van der Waals surface area (Å²) in [5, 5.41) is 7.91. The van der Waals surface area contributed by atoms with E-state index in [1.54, 1.807) is 0 Å². The SMILES string of the molecule is CCNc1nc(C(C)C)nc(-n2nc(C)c(Br)c2C)c1C. The Balaban J connectivity index is 2.69. The van der Waals surface area contributed by atoms with E-state index in [4.69, 9.17) is 4.98 Å². The van der Waals surface area contributed by atoms with E-state index in [1.807, 2.05) is 25.5 Å². The lowest BCUT2D eigenvalue weighted by Crippen LogP contribution is -2.13. The molecule has 5 nitrogen and oxygen atoms in total. The van der Waals surface area contributed by atoms with Crippen LogP contribution in [0.25, 0.3) is 5.82 Å². The highest BCUT2D eigenvalue weighted by molar-refractivity contribution is 9.10. The van der Waals surface area contributed by atoms with E-state index in [2.05, 4.69) is 52.1 Å². The van der Waals surface area contributed by atoms with Gasteiger partial charge in [-0.25, -0.2) is 14.6 Å². The summed E-state index contributed by atoms with van der Waals surface area (Å²) in [5.41, 5.74) is 3.02. The molecule has 0 aliphatic rings. The van der Waals surface area contributed by atoms with Gasteiger partial charge in [0.15, 0.2) is 5.82 Å². The van der Waals surface area contributed by atoms with Crippen LogP contribution in [0.15, 0.2) is 4.47 Å². The molecule has 2 rings (SSSR count). The Bertz CT molecular complexity index is 661. The molecule has 0 bridgehead atoms. The Kier molecular flexibility index (Phi) is 4.66. The molecule has 2 aromatic heterocycles. The molecule has 0 aliphatic carbocycles. The summed E-state index contributed by atoms with van der Waals surface area (Å²) >= 11 is 3.58. The van der Waals surface area contributed by atoms with Gasteiger partial charge in [0, 0.05) is 18.0 Å². The summed E-state index contributed by atoms with van der Waals surface area (Å²) in [6.45, 7) is 13.1. The second kappa shape index (κ2) is 6.13. The fourth-order valence-electron chi connectivity index (χ4n) is 2.16. The van der Waals surface area contributed by atoms with Gasteiger partial charge in [-0.3, -0.25) is 0 Å². The second-order valence-corrected chi connectivity index (χ2v) is 6.25. The van der Waals surface area contributed by atoms with E-state index in [0.29, 0.717) is 0 Å². The molecule has 6 heteroatoms. The van der Waals surface area contributed by atoms with Crippen molar-refractivity contribution in [1.29, 1.82) is 0 Å². The van der Waals surface area contributed by atoms with E-state index in [9.17, 15) is 0 Å². The Hall–Kier alpha value is -1.43. The first-order valence-corrected chi connectivity index (χ1v) is 8.00. The van der Waals surface area contributed by atoms with E-state index >= 15 is 0 Å². The van der Waals surface area contributed by atoms with Gasteiger partial charge in [-0.1, -0.05) is 13.8 Å². The maximum atomic E-state index is 4.73. The lowest BCUT2D eigenvalue weighted by atomic mass is 10.2. The van der Waals surface area contributed by atoms with Crippen molar-refractivity contribution in [3.63, 3.8) is 0 Å². The van der Waals surface area contributed by atoms with Crippen LogP contribution >= 0.6 is 15.9 Å².